The lowest BCUT2D eigenvalue weighted by molar-refractivity contribution is -0.137. The van der Waals surface area contributed by atoms with Gasteiger partial charge in [-0.05, 0) is 66.8 Å². The topological polar surface area (TPSA) is 75.1 Å². The van der Waals surface area contributed by atoms with E-state index in [-0.39, 0.29) is 12.5 Å². The largest absolute Gasteiger partial charge is 0.416 e. The minimum atomic E-state index is -4.44. The van der Waals surface area contributed by atoms with Gasteiger partial charge in [0, 0.05) is 17.3 Å². The average Bonchev–Trinajstić information content (AvgIpc) is 2.78. The summed E-state index contributed by atoms with van der Waals surface area (Å²) in [5, 5.41) is 12.3. The molecular formula is C25H26F3N3O2. The molecule has 0 aliphatic carbocycles. The molecule has 0 aliphatic rings. The van der Waals surface area contributed by atoms with Crippen LogP contribution in [0.5, 0.6) is 0 Å². The quantitative estimate of drug-likeness (QED) is 0.516. The van der Waals surface area contributed by atoms with Crippen LogP contribution >= 0.6 is 0 Å². The number of aromatic nitrogens is 2. The highest BCUT2D eigenvalue weighted by molar-refractivity contribution is 5.97. The Kier molecular flexibility index (Phi) is 6.88. The summed E-state index contributed by atoms with van der Waals surface area (Å²) in [5.41, 5.74) is 2.01. The Morgan fingerprint density at radius 3 is 2.24 bits per heavy atom. The number of rotatable bonds is 6. The Balaban J connectivity index is 2.16. The number of nitrogens with zero attached hydrogens (tertiary/aromatic N) is 2. The van der Waals surface area contributed by atoms with Crippen LogP contribution < -0.4 is 5.32 Å². The first kappa shape index (κ1) is 24.4. The summed E-state index contributed by atoms with van der Waals surface area (Å²) in [6, 6.07) is 9.91. The van der Waals surface area contributed by atoms with Crippen LogP contribution in [-0.4, -0.2) is 33.1 Å². The van der Waals surface area contributed by atoms with E-state index in [4.69, 9.17) is 0 Å². The molecule has 5 nitrogen and oxygen atoms in total. The van der Waals surface area contributed by atoms with E-state index in [2.05, 4.69) is 15.3 Å². The predicted octanol–water partition coefficient (Wildman–Crippen LogP) is 5.45. The van der Waals surface area contributed by atoms with Crippen molar-refractivity contribution in [3.63, 3.8) is 0 Å². The number of amides is 1. The van der Waals surface area contributed by atoms with E-state index in [1.54, 1.807) is 38.2 Å². The van der Waals surface area contributed by atoms with Crippen LogP contribution in [0.2, 0.25) is 0 Å². The van der Waals surface area contributed by atoms with Crippen molar-refractivity contribution in [2.45, 2.75) is 45.3 Å². The summed E-state index contributed by atoms with van der Waals surface area (Å²) in [6.07, 6.45) is -1.32. The van der Waals surface area contributed by atoms with Crippen molar-refractivity contribution in [3.05, 3.63) is 71.8 Å². The highest BCUT2D eigenvalue weighted by Crippen LogP contribution is 2.34. The Bertz CT molecular complexity index is 1140. The maximum Gasteiger partial charge on any atom is 0.416 e. The number of halogens is 3. The number of aliphatic hydroxyl groups is 1. The zero-order valence-electron chi connectivity index (χ0n) is 18.9. The molecule has 1 heterocycles. The van der Waals surface area contributed by atoms with Crippen LogP contribution in [0.15, 0.2) is 55.0 Å². The monoisotopic (exact) mass is 457 g/mol. The van der Waals surface area contributed by atoms with Gasteiger partial charge in [0.15, 0.2) is 0 Å². The van der Waals surface area contributed by atoms with Crippen LogP contribution in [0.25, 0.3) is 22.3 Å². The second-order valence-corrected chi connectivity index (χ2v) is 8.85. The van der Waals surface area contributed by atoms with E-state index in [1.807, 2.05) is 13.8 Å². The Morgan fingerprint density at radius 1 is 1.03 bits per heavy atom. The fourth-order valence-electron chi connectivity index (χ4n) is 3.37. The van der Waals surface area contributed by atoms with Crippen LogP contribution in [0.1, 0.15) is 55.2 Å². The summed E-state index contributed by atoms with van der Waals surface area (Å²) in [4.78, 5) is 21.5. The molecule has 0 bridgehead atoms. The summed E-state index contributed by atoms with van der Waals surface area (Å²) in [6.45, 7) is 7.10. The highest BCUT2D eigenvalue weighted by atomic mass is 19.4. The SMILES string of the molecule is CC(C)c1ncncc1-c1cc(C(=O)NC(C)(C)CO)cc(-c2ccc(C(F)(F)F)cc2)c1. The molecule has 0 radical (unpaired) electrons. The molecule has 0 saturated heterocycles. The molecular weight excluding hydrogens is 431 g/mol. The van der Waals surface area contributed by atoms with Crippen molar-refractivity contribution in [1.82, 2.24) is 15.3 Å². The molecule has 2 aromatic carbocycles. The first-order valence-electron chi connectivity index (χ1n) is 10.5. The van der Waals surface area contributed by atoms with Crippen molar-refractivity contribution in [3.8, 4) is 22.3 Å². The second kappa shape index (κ2) is 9.31. The van der Waals surface area contributed by atoms with Crippen LogP contribution in [0.4, 0.5) is 13.2 Å². The summed E-state index contributed by atoms with van der Waals surface area (Å²) in [5.74, 6) is -0.324. The lowest BCUT2D eigenvalue weighted by atomic mass is 9.93. The molecule has 1 amide bonds. The van der Waals surface area contributed by atoms with Gasteiger partial charge in [0.25, 0.3) is 5.91 Å². The summed E-state index contributed by atoms with van der Waals surface area (Å²) < 4.78 is 39.0. The van der Waals surface area contributed by atoms with Crippen molar-refractivity contribution in [2.75, 3.05) is 6.61 Å². The Labute approximate surface area is 190 Å². The fraction of sp³-hybridized carbons (Fsp3) is 0.320. The molecule has 3 rings (SSSR count). The van der Waals surface area contributed by atoms with E-state index in [1.165, 1.54) is 18.5 Å². The van der Waals surface area contributed by atoms with Gasteiger partial charge in [-0.15, -0.1) is 0 Å². The lowest BCUT2D eigenvalue weighted by Crippen LogP contribution is -2.46. The van der Waals surface area contributed by atoms with Crippen LogP contribution in [-0.2, 0) is 6.18 Å². The second-order valence-electron chi connectivity index (χ2n) is 8.85. The van der Waals surface area contributed by atoms with Gasteiger partial charge in [-0.2, -0.15) is 13.2 Å². The van der Waals surface area contributed by atoms with Gasteiger partial charge >= 0.3 is 6.18 Å². The van der Waals surface area contributed by atoms with Crippen molar-refractivity contribution < 1.29 is 23.1 Å². The minimum Gasteiger partial charge on any atom is -0.394 e. The van der Waals surface area contributed by atoms with Gasteiger partial charge < -0.3 is 10.4 Å². The third kappa shape index (κ3) is 5.76. The Morgan fingerprint density at radius 2 is 1.67 bits per heavy atom. The van der Waals surface area contributed by atoms with E-state index in [0.717, 1.165) is 23.4 Å². The first-order chi connectivity index (χ1) is 15.4. The number of carbonyl (C=O) groups excluding carboxylic acids is 1. The third-order valence-electron chi connectivity index (χ3n) is 5.19. The van der Waals surface area contributed by atoms with E-state index in [9.17, 15) is 23.1 Å². The highest BCUT2D eigenvalue weighted by Gasteiger charge is 2.30. The average molecular weight is 457 g/mol. The predicted molar refractivity (Wildman–Crippen MR) is 121 cm³/mol. The van der Waals surface area contributed by atoms with Gasteiger partial charge in [-0.1, -0.05) is 26.0 Å². The molecule has 0 saturated carbocycles. The van der Waals surface area contributed by atoms with Gasteiger partial charge in [-0.3, -0.25) is 4.79 Å². The molecule has 0 aliphatic heterocycles. The third-order valence-corrected chi connectivity index (χ3v) is 5.19. The molecule has 8 heteroatoms. The number of hydrogen-bond acceptors (Lipinski definition) is 4. The number of hydrogen-bond donors (Lipinski definition) is 2. The molecule has 3 aromatic rings. The molecule has 0 unspecified atom stereocenters. The number of aliphatic hydroxyl groups excluding tert-OH is 1. The molecule has 0 atom stereocenters. The maximum absolute atomic E-state index is 13.0. The molecule has 1 aromatic heterocycles. The zero-order chi connectivity index (χ0) is 24.4. The number of benzene rings is 2. The first-order valence-corrected chi connectivity index (χ1v) is 10.5. The number of alkyl halides is 3. The van der Waals surface area contributed by atoms with Gasteiger partial charge in [0.05, 0.1) is 23.4 Å². The van der Waals surface area contributed by atoms with Gasteiger partial charge in [0.1, 0.15) is 6.33 Å². The van der Waals surface area contributed by atoms with E-state index >= 15 is 0 Å². The van der Waals surface area contributed by atoms with Gasteiger partial charge in [0.2, 0.25) is 0 Å². The lowest BCUT2D eigenvalue weighted by Gasteiger charge is -2.24. The molecule has 174 valence electrons. The van der Waals surface area contributed by atoms with Crippen LogP contribution in [0, 0.1) is 0 Å². The molecule has 0 spiro atoms. The smallest absolute Gasteiger partial charge is 0.394 e. The van der Waals surface area contributed by atoms with Crippen molar-refractivity contribution in [1.29, 1.82) is 0 Å². The summed E-state index contributed by atoms with van der Waals surface area (Å²) in [7, 11) is 0. The van der Waals surface area contributed by atoms with Crippen molar-refractivity contribution >= 4 is 5.91 Å². The standard InChI is InChI=1S/C25H26F3N3O2/c1-15(2)22-21(12-29-14-30-22)18-9-17(16-5-7-20(8-6-16)25(26,27)28)10-19(11-18)23(33)31-24(3,4)13-32/h5-12,14-15,32H,13H2,1-4H3,(H,31,33). The molecule has 0 fully saturated rings. The number of nitrogens with one attached hydrogen (secondary N) is 1. The molecule has 2 N–H and O–H groups in total. The normalized spacial score (nSPS) is 12.2. The minimum absolute atomic E-state index is 0.0864. The van der Waals surface area contributed by atoms with E-state index in [0.29, 0.717) is 22.3 Å². The summed E-state index contributed by atoms with van der Waals surface area (Å²) >= 11 is 0. The Hall–Kier alpha value is -3.26. The molecule has 33 heavy (non-hydrogen) atoms. The van der Waals surface area contributed by atoms with Gasteiger partial charge in [-0.25, -0.2) is 9.97 Å². The van der Waals surface area contributed by atoms with E-state index < -0.39 is 23.2 Å². The zero-order valence-corrected chi connectivity index (χ0v) is 18.9. The van der Waals surface area contributed by atoms with Crippen LogP contribution in [0.3, 0.4) is 0 Å². The van der Waals surface area contributed by atoms with Crippen molar-refractivity contribution in [2.24, 2.45) is 0 Å². The maximum atomic E-state index is 13.0. The number of carbonyl (C=O) groups is 1. The fourth-order valence-corrected chi connectivity index (χ4v) is 3.37.